The molecule has 0 radical (unpaired) electrons. The summed E-state index contributed by atoms with van der Waals surface area (Å²) in [7, 11) is 1.77. The maximum Gasteiger partial charge on any atom is 0.191 e. The van der Waals surface area contributed by atoms with E-state index in [1.54, 1.807) is 13.1 Å². The van der Waals surface area contributed by atoms with Crippen molar-refractivity contribution in [2.75, 3.05) is 56.2 Å². The number of para-hydroxylation sites is 1. The van der Waals surface area contributed by atoms with Crippen LogP contribution in [-0.4, -0.2) is 58.4 Å². The highest BCUT2D eigenvalue weighted by atomic mass is 127. The standard InChI is InChI=1S/C23H30FN5O.HI/c1-25-23(27-19-9-10-29(17-19)20-5-3-2-4-6-20)26-16-18-7-8-22(21(24)15-18)28-11-13-30-14-12-28;/h2-8,15,19H,9-14,16-17H2,1H3,(H2,25,26,27);1H. The second kappa shape index (κ2) is 11.5. The summed E-state index contributed by atoms with van der Waals surface area (Å²) in [4.78, 5) is 8.75. The Morgan fingerprint density at radius 3 is 2.58 bits per heavy atom. The predicted molar refractivity (Wildman–Crippen MR) is 135 cm³/mol. The second-order valence-corrected chi connectivity index (χ2v) is 7.72. The monoisotopic (exact) mass is 539 g/mol. The summed E-state index contributed by atoms with van der Waals surface area (Å²) in [6.45, 7) is 5.23. The molecule has 2 saturated heterocycles. The number of anilines is 2. The highest BCUT2D eigenvalue weighted by molar-refractivity contribution is 14.0. The molecule has 0 amide bonds. The molecule has 2 N–H and O–H groups in total. The van der Waals surface area contributed by atoms with Crippen molar-refractivity contribution in [3.8, 4) is 0 Å². The molecule has 6 nitrogen and oxygen atoms in total. The third-order valence-electron chi connectivity index (χ3n) is 5.70. The summed E-state index contributed by atoms with van der Waals surface area (Å²) in [6, 6.07) is 16.2. The average Bonchev–Trinajstić information content (AvgIpc) is 3.26. The van der Waals surface area contributed by atoms with Crippen molar-refractivity contribution in [2.24, 2.45) is 4.99 Å². The van der Waals surface area contributed by atoms with Crippen LogP contribution in [0.4, 0.5) is 15.8 Å². The van der Waals surface area contributed by atoms with Crippen LogP contribution in [-0.2, 0) is 11.3 Å². The van der Waals surface area contributed by atoms with Crippen molar-refractivity contribution in [1.29, 1.82) is 0 Å². The summed E-state index contributed by atoms with van der Waals surface area (Å²) in [5.41, 5.74) is 2.79. The van der Waals surface area contributed by atoms with Crippen LogP contribution in [0.15, 0.2) is 53.5 Å². The van der Waals surface area contributed by atoms with Crippen molar-refractivity contribution in [3.63, 3.8) is 0 Å². The van der Waals surface area contributed by atoms with Gasteiger partial charge in [-0.25, -0.2) is 4.39 Å². The first-order chi connectivity index (χ1) is 14.7. The highest BCUT2D eigenvalue weighted by Gasteiger charge is 2.23. The fourth-order valence-electron chi connectivity index (χ4n) is 4.05. The maximum absolute atomic E-state index is 14.6. The topological polar surface area (TPSA) is 52.1 Å². The maximum atomic E-state index is 14.6. The van der Waals surface area contributed by atoms with Crippen LogP contribution in [0.3, 0.4) is 0 Å². The first-order valence-electron chi connectivity index (χ1n) is 10.6. The van der Waals surface area contributed by atoms with E-state index in [9.17, 15) is 4.39 Å². The number of ether oxygens (including phenoxy) is 1. The average molecular weight is 539 g/mol. The fraction of sp³-hybridized carbons (Fsp3) is 0.435. The van der Waals surface area contributed by atoms with Crippen molar-refractivity contribution in [3.05, 3.63) is 59.9 Å². The molecule has 168 valence electrons. The van der Waals surface area contributed by atoms with Gasteiger partial charge in [0.05, 0.1) is 18.9 Å². The van der Waals surface area contributed by atoms with E-state index in [-0.39, 0.29) is 29.8 Å². The van der Waals surface area contributed by atoms with E-state index in [2.05, 4.69) is 44.8 Å². The summed E-state index contributed by atoms with van der Waals surface area (Å²) in [5.74, 6) is 0.556. The number of aliphatic imine (C=N–C) groups is 1. The molecule has 1 atom stereocenters. The molecule has 0 saturated carbocycles. The van der Waals surface area contributed by atoms with Gasteiger partial charge in [-0.05, 0) is 36.2 Å². The van der Waals surface area contributed by atoms with Gasteiger partial charge in [-0.15, -0.1) is 24.0 Å². The van der Waals surface area contributed by atoms with E-state index in [0.29, 0.717) is 31.5 Å². The molecular formula is C23H31FIN5O. The largest absolute Gasteiger partial charge is 0.378 e. The van der Waals surface area contributed by atoms with Crippen LogP contribution in [0.2, 0.25) is 0 Å². The number of hydrogen-bond donors (Lipinski definition) is 2. The van der Waals surface area contributed by atoms with Crippen molar-refractivity contribution >= 4 is 41.3 Å². The molecule has 2 aromatic carbocycles. The zero-order chi connectivity index (χ0) is 20.8. The third-order valence-corrected chi connectivity index (χ3v) is 5.70. The first-order valence-corrected chi connectivity index (χ1v) is 10.6. The molecule has 0 spiro atoms. The zero-order valence-electron chi connectivity index (χ0n) is 17.9. The smallest absolute Gasteiger partial charge is 0.191 e. The lowest BCUT2D eigenvalue weighted by atomic mass is 10.1. The van der Waals surface area contributed by atoms with Gasteiger partial charge in [-0.1, -0.05) is 24.3 Å². The van der Waals surface area contributed by atoms with Crippen LogP contribution < -0.4 is 20.4 Å². The summed E-state index contributed by atoms with van der Waals surface area (Å²) < 4.78 is 20.0. The van der Waals surface area contributed by atoms with E-state index >= 15 is 0 Å². The third kappa shape index (κ3) is 6.22. The fourth-order valence-corrected chi connectivity index (χ4v) is 4.05. The van der Waals surface area contributed by atoms with E-state index in [4.69, 9.17) is 4.74 Å². The van der Waals surface area contributed by atoms with E-state index in [0.717, 1.165) is 44.1 Å². The minimum atomic E-state index is -0.187. The molecule has 2 aromatic rings. The number of halogens is 2. The van der Waals surface area contributed by atoms with Crippen molar-refractivity contribution in [1.82, 2.24) is 10.6 Å². The van der Waals surface area contributed by atoms with Crippen molar-refractivity contribution < 1.29 is 9.13 Å². The Morgan fingerprint density at radius 2 is 1.87 bits per heavy atom. The minimum Gasteiger partial charge on any atom is -0.378 e. The summed E-state index contributed by atoms with van der Waals surface area (Å²) in [5, 5.41) is 6.81. The number of rotatable bonds is 5. The summed E-state index contributed by atoms with van der Waals surface area (Å²) >= 11 is 0. The molecule has 0 bridgehead atoms. The Balaban J connectivity index is 0.00000272. The number of nitrogens with one attached hydrogen (secondary N) is 2. The molecule has 2 aliphatic rings. The van der Waals surface area contributed by atoms with Gasteiger partial charge in [0, 0.05) is 51.5 Å². The highest BCUT2D eigenvalue weighted by Crippen LogP contribution is 2.22. The number of morpholine rings is 1. The van der Waals surface area contributed by atoms with Gasteiger partial charge >= 0.3 is 0 Å². The SMILES string of the molecule is CN=C(NCc1ccc(N2CCOCC2)c(F)c1)NC1CCN(c2ccccc2)C1.I. The molecule has 2 fully saturated rings. The van der Waals surface area contributed by atoms with E-state index < -0.39 is 0 Å². The molecule has 8 heteroatoms. The van der Waals surface area contributed by atoms with Crippen molar-refractivity contribution in [2.45, 2.75) is 19.0 Å². The van der Waals surface area contributed by atoms with Gasteiger partial charge in [0.2, 0.25) is 0 Å². The van der Waals surface area contributed by atoms with Gasteiger partial charge in [0.25, 0.3) is 0 Å². The second-order valence-electron chi connectivity index (χ2n) is 7.72. The van der Waals surface area contributed by atoms with Gasteiger partial charge in [-0.3, -0.25) is 4.99 Å². The van der Waals surface area contributed by atoms with Gasteiger partial charge in [-0.2, -0.15) is 0 Å². The molecule has 0 aromatic heterocycles. The number of benzene rings is 2. The number of nitrogens with zero attached hydrogens (tertiary/aromatic N) is 3. The Labute approximate surface area is 200 Å². The van der Waals surface area contributed by atoms with Crippen LogP contribution in [0, 0.1) is 5.82 Å². The van der Waals surface area contributed by atoms with Crippen LogP contribution in [0.1, 0.15) is 12.0 Å². The number of guanidine groups is 1. The molecule has 31 heavy (non-hydrogen) atoms. The van der Waals surface area contributed by atoms with E-state index in [1.807, 2.05) is 23.1 Å². The Bertz CT molecular complexity index is 860. The molecule has 2 heterocycles. The van der Waals surface area contributed by atoms with Gasteiger partial charge < -0.3 is 25.2 Å². The Morgan fingerprint density at radius 1 is 1.10 bits per heavy atom. The minimum absolute atomic E-state index is 0. The predicted octanol–water partition coefficient (Wildman–Crippen LogP) is 3.22. The van der Waals surface area contributed by atoms with E-state index in [1.165, 1.54) is 5.69 Å². The lowest BCUT2D eigenvalue weighted by Crippen LogP contribution is -2.44. The first kappa shape index (κ1) is 23.6. The van der Waals surface area contributed by atoms with Crippen LogP contribution in [0.5, 0.6) is 0 Å². The number of hydrogen-bond acceptors (Lipinski definition) is 4. The molecule has 4 rings (SSSR count). The zero-order valence-corrected chi connectivity index (χ0v) is 20.2. The lowest BCUT2D eigenvalue weighted by Gasteiger charge is -2.29. The molecule has 2 aliphatic heterocycles. The Hall–Kier alpha value is -2.07. The quantitative estimate of drug-likeness (QED) is 0.348. The molecular weight excluding hydrogens is 508 g/mol. The molecule has 1 unspecified atom stereocenters. The normalized spacial score (nSPS) is 19.2. The molecule has 0 aliphatic carbocycles. The summed E-state index contributed by atoms with van der Waals surface area (Å²) in [6.07, 6.45) is 1.05. The van der Waals surface area contributed by atoms with Gasteiger partial charge in [0.15, 0.2) is 5.96 Å². The Kier molecular flexibility index (Phi) is 8.77. The van der Waals surface area contributed by atoms with Gasteiger partial charge in [0.1, 0.15) is 5.82 Å². The van der Waals surface area contributed by atoms with Crippen LogP contribution >= 0.6 is 24.0 Å². The lowest BCUT2D eigenvalue weighted by molar-refractivity contribution is 0.122. The van der Waals surface area contributed by atoms with Crippen LogP contribution in [0.25, 0.3) is 0 Å².